The van der Waals surface area contributed by atoms with Gasteiger partial charge in [-0.05, 0) is 30.4 Å². The third-order valence-corrected chi connectivity index (χ3v) is 1.88. The van der Waals surface area contributed by atoms with Gasteiger partial charge in [0.25, 0.3) is 0 Å². The van der Waals surface area contributed by atoms with Gasteiger partial charge in [-0.25, -0.2) is 0 Å². The Balaban J connectivity index is 2.30. The zero-order valence-electron chi connectivity index (χ0n) is 5.63. The van der Waals surface area contributed by atoms with Crippen LogP contribution in [-0.2, 0) is 6.42 Å². The summed E-state index contributed by atoms with van der Waals surface area (Å²) in [6, 6.07) is 2.10. The maximum atomic E-state index is 4.20. The van der Waals surface area contributed by atoms with E-state index in [2.05, 4.69) is 17.4 Å². The summed E-state index contributed by atoms with van der Waals surface area (Å²) in [5, 5.41) is 2.03. The first-order chi connectivity index (χ1) is 4.43. The van der Waals surface area contributed by atoms with Crippen molar-refractivity contribution in [3.63, 3.8) is 0 Å². The summed E-state index contributed by atoms with van der Waals surface area (Å²) in [7, 11) is 0. The molecule has 1 heterocycles. The molecule has 0 atom stereocenters. The first kappa shape index (κ1) is 6.75. The van der Waals surface area contributed by atoms with E-state index in [0.717, 1.165) is 6.42 Å². The molecule has 0 saturated heterocycles. The van der Waals surface area contributed by atoms with Gasteiger partial charge in [0.1, 0.15) is 0 Å². The third-order valence-electron chi connectivity index (χ3n) is 1.28. The van der Waals surface area contributed by atoms with Crippen LogP contribution < -0.4 is 0 Å². The Morgan fingerprint density at radius 3 is 3.11 bits per heavy atom. The summed E-state index contributed by atoms with van der Waals surface area (Å²) in [5.41, 5.74) is 1.25. The van der Waals surface area contributed by atoms with Crippen LogP contribution in [0.25, 0.3) is 0 Å². The van der Waals surface area contributed by atoms with Crippen LogP contribution in [0.5, 0.6) is 0 Å². The maximum Gasteiger partial charge on any atom is 0.0542 e. The molecule has 0 spiro atoms. The molecule has 0 amide bonds. The summed E-state index contributed by atoms with van der Waals surface area (Å²) in [4.78, 5) is 0. The number of nitrogens with zero attached hydrogens (tertiary/aromatic N) is 1. The molecule has 2 heteroatoms. The van der Waals surface area contributed by atoms with Crippen molar-refractivity contribution in [2.75, 3.05) is 0 Å². The quantitative estimate of drug-likeness (QED) is 0.630. The Morgan fingerprint density at radius 2 is 2.56 bits per heavy atom. The molecule has 0 fully saturated rings. The van der Waals surface area contributed by atoms with Gasteiger partial charge >= 0.3 is 0 Å². The van der Waals surface area contributed by atoms with Crippen molar-refractivity contribution in [1.29, 1.82) is 0 Å². The summed E-state index contributed by atoms with van der Waals surface area (Å²) in [5.74, 6) is 0. The number of hydrogen-bond acceptors (Lipinski definition) is 2. The fourth-order valence-corrected chi connectivity index (χ4v) is 1.29. The van der Waals surface area contributed by atoms with E-state index in [1.807, 2.05) is 5.38 Å². The summed E-state index contributed by atoms with van der Waals surface area (Å²) >= 11 is 1.54. The Labute approximate surface area is 59.9 Å². The smallest absolute Gasteiger partial charge is 0.0542 e. The van der Waals surface area contributed by atoms with Gasteiger partial charge < -0.3 is 0 Å². The van der Waals surface area contributed by atoms with Gasteiger partial charge in [0.05, 0.1) is 5.69 Å². The normalized spacial score (nSPS) is 9.89. The molecule has 1 aromatic heterocycles. The molecular weight excluding hydrogens is 130 g/mol. The molecule has 50 valence electrons. The van der Waals surface area contributed by atoms with E-state index in [9.17, 15) is 0 Å². The fourth-order valence-electron chi connectivity index (χ4n) is 0.724. The third kappa shape index (κ3) is 2.14. The van der Waals surface area contributed by atoms with E-state index in [1.165, 1.54) is 18.5 Å². The molecule has 0 aromatic carbocycles. The van der Waals surface area contributed by atoms with E-state index in [1.54, 1.807) is 11.5 Å². The zero-order chi connectivity index (χ0) is 6.53. The number of unbranched alkanes of at least 4 members (excludes halogenated alkanes) is 1. The van der Waals surface area contributed by atoms with E-state index in [4.69, 9.17) is 0 Å². The zero-order valence-corrected chi connectivity index (χ0v) is 6.45. The van der Waals surface area contributed by atoms with Crippen LogP contribution in [0.3, 0.4) is 0 Å². The minimum atomic E-state index is 1.15. The highest BCUT2D eigenvalue weighted by atomic mass is 32.1. The summed E-state index contributed by atoms with van der Waals surface area (Å²) in [6.07, 6.45) is 3.68. The highest BCUT2D eigenvalue weighted by molar-refractivity contribution is 7.03. The molecule has 9 heavy (non-hydrogen) atoms. The predicted molar refractivity (Wildman–Crippen MR) is 40.7 cm³/mol. The lowest BCUT2D eigenvalue weighted by Crippen LogP contribution is -1.81. The Bertz CT molecular complexity index is 146. The fraction of sp³-hybridized carbons (Fsp3) is 0.571. The molecule has 0 saturated carbocycles. The Hall–Kier alpha value is -0.370. The van der Waals surface area contributed by atoms with Crippen molar-refractivity contribution >= 4 is 11.5 Å². The first-order valence-electron chi connectivity index (χ1n) is 3.32. The van der Waals surface area contributed by atoms with Crippen molar-refractivity contribution in [3.05, 3.63) is 17.1 Å². The van der Waals surface area contributed by atoms with Crippen LogP contribution in [0.15, 0.2) is 11.4 Å². The van der Waals surface area contributed by atoms with Crippen molar-refractivity contribution in [1.82, 2.24) is 4.37 Å². The summed E-state index contributed by atoms with van der Waals surface area (Å²) < 4.78 is 4.20. The second kappa shape index (κ2) is 3.62. The molecule has 0 aliphatic rings. The van der Waals surface area contributed by atoms with Gasteiger partial charge in [0.2, 0.25) is 0 Å². The van der Waals surface area contributed by atoms with Crippen molar-refractivity contribution in [2.24, 2.45) is 0 Å². The molecule has 0 aliphatic heterocycles. The highest BCUT2D eigenvalue weighted by Crippen LogP contribution is 2.03. The minimum Gasteiger partial charge on any atom is -0.198 e. The number of aryl methyl sites for hydroxylation is 1. The number of rotatable bonds is 3. The first-order valence-corrected chi connectivity index (χ1v) is 4.16. The second-order valence-corrected chi connectivity index (χ2v) is 2.76. The van der Waals surface area contributed by atoms with Crippen molar-refractivity contribution < 1.29 is 0 Å². The van der Waals surface area contributed by atoms with Gasteiger partial charge in [-0.3, -0.25) is 0 Å². The lowest BCUT2D eigenvalue weighted by molar-refractivity contribution is 0.784. The topological polar surface area (TPSA) is 12.9 Å². The van der Waals surface area contributed by atoms with Crippen LogP contribution in [0.2, 0.25) is 0 Å². The molecule has 0 N–H and O–H groups in total. The molecule has 0 unspecified atom stereocenters. The molecule has 1 rings (SSSR count). The van der Waals surface area contributed by atoms with E-state index < -0.39 is 0 Å². The Kier molecular flexibility index (Phi) is 2.71. The van der Waals surface area contributed by atoms with Crippen LogP contribution in [-0.4, -0.2) is 4.37 Å². The minimum absolute atomic E-state index is 1.15. The number of hydrogen-bond donors (Lipinski definition) is 0. The van der Waals surface area contributed by atoms with Crippen LogP contribution in [0.4, 0.5) is 0 Å². The van der Waals surface area contributed by atoms with Gasteiger partial charge in [-0.1, -0.05) is 13.3 Å². The maximum absolute atomic E-state index is 4.20. The molecule has 1 nitrogen and oxygen atoms in total. The van der Waals surface area contributed by atoms with Gasteiger partial charge in [0, 0.05) is 5.38 Å². The average Bonchev–Trinajstić information content (AvgIpc) is 2.34. The lowest BCUT2D eigenvalue weighted by Gasteiger charge is -1.89. The van der Waals surface area contributed by atoms with E-state index >= 15 is 0 Å². The van der Waals surface area contributed by atoms with Gasteiger partial charge in [0.15, 0.2) is 0 Å². The summed E-state index contributed by atoms with van der Waals surface area (Å²) in [6.45, 7) is 2.20. The average molecular weight is 141 g/mol. The van der Waals surface area contributed by atoms with Crippen molar-refractivity contribution in [3.8, 4) is 0 Å². The Morgan fingerprint density at radius 1 is 1.67 bits per heavy atom. The van der Waals surface area contributed by atoms with Crippen LogP contribution >= 0.6 is 11.5 Å². The molecule has 0 bridgehead atoms. The van der Waals surface area contributed by atoms with Crippen LogP contribution in [0.1, 0.15) is 25.5 Å². The predicted octanol–water partition coefficient (Wildman–Crippen LogP) is 2.49. The monoisotopic (exact) mass is 141 g/mol. The standard InChI is InChI=1S/C7H11NS/c1-2-3-4-7-5-6-9-8-7/h5-6H,2-4H2,1H3. The highest BCUT2D eigenvalue weighted by Gasteiger charge is 1.91. The second-order valence-electron chi connectivity index (χ2n) is 2.09. The largest absolute Gasteiger partial charge is 0.198 e. The number of aromatic nitrogens is 1. The van der Waals surface area contributed by atoms with E-state index in [-0.39, 0.29) is 0 Å². The molecule has 0 aliphatic carbocycles. The molecule has 0 radical (unpaired) electrons. The van der Waals surface area contributed by atoms with Crippen LogP contribution in [0, 0.1) is 0 Å². The van der Waals surface area contributed by atoms with Gasteiger partial charge in [-0.2, -0.15) is 4.37 Å². The van der Waals surface area contributed by atoms with Crippen molar-refractivity contribution in [2.45, 2.75) is 26.2 Å². The molecular formula is C7H11NS. The lowest BCUT2D eigenvalue weighted by atomic mass is 10.2. The molecule has 1 aromatic rings. The SMILES string of the molecule is CCCCc1ccsn1. The van der Waals surface area contributed by atoms with E-state index in [0.29, 0.717) is 0 Å². The van der Waals surface area contributed by atoms with Gasteiger partial charge in [-0.15, -0.1) is 0 Å².